The SMILES string of the molecule is O=C(NCCN1Cc2cc(F)ccc2OCC1=O)C1CCCO1. The second-order valence-corrected chi connectivity index (χ2v) is 5.65. The molecular formula is C16H19FN2O4. The van der Waals surface area contributed by atoms with Gasteiger partial charge >= 0.3 is 0 Å². The van der Waals surface area contributed by atoms with E-state index in [1.54, 1.807) is 4.90 Å². The lowest BCUT2D eigenvalue weighted by Gasteiger charge is -2.20. The van der Waals surface area contributed by atoms with Gasteiger partial charge < -0.3 is 19.7 Å². The standard InChI is InChI=1S/C16H19FN2O4/c17-12-3-4-13-11(8-12)9-19(15(20)10-23-13)6-5-18-16(21)14-2-1-7-22-14/h3-4,8,14H,1-2,5-7,9-10H2,(H,18,21). The van der Waals surface area contributed by atoms with Crippen LogP contribution < -0.4 is 10.1 Å². The average Bonchev–Trinajstić information content (AvgIpc) is 3.02. The Kier molecular flexibility index (Phi) is 4.76. The molecule has 2 aliphatic rings. The van der Waals surface area contributed by atoms with Gasteiger partial charge in [-0.1, -0.05) is 0 Å². The Morgan fingerprint density at radius 2 is 2.30 bits per heavy atom. The van der Waals surface area contributed by atoms with Crippen molar-refractivity contribution < 1.29 is 23.5 Å². The maximum Gasteiger partial charge on any atom is 0.260 e. The molecule has 1 unspecified atom stereocenters. The number of nitrogens with one attached hydrogen (secondary N) is 1. The maximum absolute atomic E-state index is 13.4. The van der Waals surface area contributed by atoms with Crippen LogP contribution in [0.5, 0.6) is 5.75 Å². The van der Waals surface area contributed by atoms with Gasteiger partial charge in [0.15, 0.2) is 6.61 Å². The molecule has 1 saturated heterocycles. The highest BCUT2D eigenvalue weighted by Crippen LogP contribution is 2.24. The summed E-state index contributed by atoms with van der Waals surface area (Å²) in [5, 5.41) is 2.78. The Hall–Kier alpha value is -2.15. The van der Waals surface area contributed by atoms with E-state index in [2.05, 4.69) is 5.32 Å². The zero-order valence-corrected chi connectivity index (χ0v) is 12.7. The summed E-state index contributed by atoms with van der Waals surface area (Å²) in [6, 6.07) is 4.20. The lowest BCUT2D eigenvalue weighted by Crippen LogP contribution is -2.41. The highest BCUT2D eigenvalue weighted by Gasteiger charge is 2.25. The van der Waals surface area contributed by atoms with Crippen molar-refractivity contribution >= 4 is 11.8 Å². The van der Waals surface area contributed by atoms with Crippen LogP contribution in [0.2, 0.25) is 0 Å². The van der Waals surface area contributed by atoms with Gasteiger partial charge in [0.2, 0.25) is 5.91 Å². The Balaban J connectivity index is 1.56. The summed E-state index contributed by atoms with van der Waals surface area (Å²) in [5.74, 6) is -0.181. The molecule has 0 aromatic heterocycles. The van der Waals surface area contributed by atoms with Gasteiger partial charge in [-0.3, -0.25) is 9.59 Å². The highest BCUT2D eigenvalue weighted by molar-refractivity contribution is 5.81. The third kappa shape index (κ3) is 3.79. The molecule has 3 rings (SSSR count). The van der Waals surface area contributed by atoms with Crippen LogP contribution in [0.3, 0.4) is 0 Å². The monoisotopic (exact) mass is 322 g/mol. The molecule has 6 nitrogen and oxygen atoms in total. The summed E-state index contributed by atoms with van der Waals surface area (Å²) in [4.78, 5) is 25.5. The number of halogens is 1. The van der Waals surface area contributed by atoms with Crippen molar-refractivity contribution in [2.45, 2.75) is 25.5 Å². The van der Waals surface area contributed by atoms with E-state index in [1.807, 2.05) is 0 Å². The number of ether oxygens (including phenoxy) is 2. The third-order valence-electron chi connectivity index (χ3n) is 3.99. The predicted octanol–water partition coefficient (Wildman–Crippen LogP) is 0.842. The van der Waals surface area contributed by atoms with Crippen molar-refractivity contribution in [3.8, 4) is 5.75 Å². The number of hydrogen-bond acceptors (Lipinski definition) is 4. The average molecular weight is 322 g/mol. The molecule has 23 heavy (non-hydrogen) atoms. The van der Waals surface area contributed by atoms with Crippen LogP contribution >= 0.6 is 0 Å². The van der Waals surface area contributed by atoms with Gasteiger partial charge in [-0.25, -0.2) is 4.39 Å². The van der Waals surface area contributed by atoms with Crippen LogP contribution in [-0.2, 0) is 20.9 Å². The van der Waals surface area contributed by atoms with Crippen LogP contribution in [0, 0.1) is 5.82 Å². The van der Waals surface area contributed by atoms with Crippen LogP contribution in [-0.4, -0.2) is 49.1 Å². The Morgan fingerprint density at radius 1 is 1.43 bits per heavy atom. The molecule has 124 valence electrons. The van der Waals surface area contributed by atoms with E-state index in [0.29, 0.717) is 31.0 Å². The Bertz CT molecular complexity index is 602. The van der Waals surface area contributed by atoms with E-state index < -0.39 is 0 Å². The van der Waals surface area contributed by atoms with Gasteiger partial charge in [-0.2, -0.15) is 0 Å². The summed E-state index contributed by atoms with van der Waals surface area (Å²) in [6.07, 6.45) is 1.24. The molecule has 1 aromatic rings. The molecule has 2 amide bonds. The quantitative estimate of drug-likeness (QED) is 0.892. The van der Waals surface area contributed by atoms with Crippen molar-refractivity contribution in [2.24, 2.45) is 0 Å². The van der Waals surface area contributed by atoms with Gasteiger partial charge in [0.1, 0.15) is 17.7 Å². The number of nitrogens with zero attached hydrogens (tertiary/aromatic N) is 1. The number of fused-ring (bicyclic) bond motifs is 1. The maximum atomic E-state index is 13.4. The van der Waals surface area contributed by atoms with Crippen molar-refractivity contribution in [2.75, 3.05) is 26.3 Å². The van der Waals surface area contributed by atoms with Gasteiger partial charge in [0.25, 0.3) is 5.91 Å². The summed E-state index contributed by atoms with van der Waals surface area (Å²) < 4.78 is 24.0. The Labute approximate surface area is 133 Å². The first-order valence-corrected chi connectivity index (χ1v) is 7.72. The smallest absolute Gasteiger partial charge is 0.260 e. The van der Waals surface area contributed by atoms with Crippen LogP contribution in [0.4, 0.5) is 4.39 Å². The van der Waals surface area contributed by atoms with E-state index in [0.717, 1.165) is 12.8 Å². The first-order valence-electron chi connectivity index (χ1n) is 7.72. The molecule has 1 N–H and O–H groups in total. The van der Waals surface area contributed by atoms with Gasteiger partial charge in [0, 0.05) is 31.8 Å². The number of hydrogen-bond donors (Lipinski definition) is 1. The summed E-state index contributed by atoms with van der Waals surface area (Å²) in [6.45, 7) is 1.47. The molecule has 0 spiro atoms. The minimum absolute atomic E-state index is 0.0850. The van der Waals surface area contributed by atoms with Gasteiger partial charge in [0.05, 0.1) is 0 Å². The normalized spacial score (nSPS) is 20.7. The lowest BCUT2D eigenvalue weighted by atomic mass is 10.2. The third-order valence-corrected chi connectivity index (χ3v) is 3.99. The number of benzene rings is 1. The summed E-state index contributed by atoms with van der Waals surface area (Å²) in [7, 11) is 0. The highest BCUT2D eigenvalue weighted by atomic mass is 19.1. The number of carbonyl (C=O) groups excluding carboxylic acids is 2. The van der Waals surface area contributed by atoms with Crippen molar-refractivity contribution in [1.82, 2.24) is 10.2 Å². The van der Waals surface area contributed by atoms with E-state index in [4.69, 9.17) is 9.47 Å². The first-order chi connectivity index (χ1) is 11.1. The minimum Gasteiger partial charge on any atom is -0.483 e. The first kappa shape index (κ1) is 15.7. The molecule has 0 radical (unpaired) electrons. The lowest BCUT2D eigenvalue weighted by molar-refractivity contribution is -0.134. The molecular weight excluding hydrogens is 303 g/mol. The second kappa shape index (κ2) is 6.95. The summed E-state index contributed by atoms with van der Waals surface area (Å²) >= 11 is 0. The molecule has 2 aliphatic heterocycles. The molecule has 1 aromatic carbocycles. The number of rotatable bonds is 4. The minimum atomic E-state index is -0.381. The van der Waals surface area contributed by atoms with E-state index in [9.17, 15) is 14.0 Å². The largest absolute Gasteiger partial charge is 0.483 e. The summed E-state index contributed by atoms with van der Waals surface area (Å²) in [5.41, 5.74) is 0.626. The molecule has 0 saturated carbocycles. The van der Waals surface area contributed by atoms with Crippen LogP contribution in [0.25, 0.3) is 0 Å². The van der Waals surface area contributed by atoms with Gasteiger partial charge in [-0.05, 0) is 31.0 Å². The fraction of sp³-hybridized carbons (Fsp3) is 0.500. The zero-order valence-electron chi connectivity index (χ0n) is 12.7. The zero-order chi connectivity index (χ0) is 16.2. The number of carbonyl (C=O) groups is 2. The Morgan fingerprint density at radius 3 is 3.09 bits per heavy atom. The molecule has 0 aliphatic carbocycles. The fourth-order valence-corrected chi connectivity index (χ4v) is 2.75. The van der Waals surface area contributed by atoms with Crippen molar-refractivity contribution in [3.63, 3.8) is 0 Å². The number of amides is 2. The molecule has 0 bridgehead atoms. The van der Waals surface area contributed by atoms with E-state index in [-0.39, 0.29) is 36.9 Å². The fourth-order valence-electron chi connectivity index (χ4n) is 2.75. The van der Waals surface area contributed by atoms with Crippen LogP contribution in [0.1, 0.15) is 18.4 Å². The van der Waals surface area contributed by atoms with E-state index >= 15 is 0 Å². The molecule has 2 heterocycles. The topological polar surface area (TPSA) is 67.9 Å². The van der Waals surface area contributed by atoms with Crippen molar-refractivity contribution in [3.05, 3.63) is 29.6 Å². The molecule has 7 heteroatoms. The second-order valence-electron chi connectivity index (χ2n) is 5.65. The molecule has 1 fully saturated rings. The van der Waals surface area contributed by atoms with Gasteiger partial charge in [-0.15, -0.1) is 0 Å². The predicted molar refractivity (Wildman–Crippen MR) is 79.3 cm³/mol. The van der Waals surface area contributed by atoms with Crippen molar-refractivity contribution in [1.29, 1.82) is 0 Å². The van der Waals surface area contributed by atoms with Crippen LogP contribution in [0.15, 0.2) is 18.2 Å². The molecule has 1 atom stereocenters. The van der Waals surface area contributed by atoms with E-state index in [1.165, 1.54) is 18.2 Å².